The summed E-state index contributed by atoms with van der Waals surface area (Å²) >= 11 is 0. The first-order valence-corrected chi connectivity index (χ1v) is 24.7. The van der Waals surface area contributed by atoms with Crippen molar-refractivity contribution in [3.05, 3.63) is 35.9 Å². The van der Waals surface area contributed by atoms with Crippen LogP contribution in [0.25, 0.3) is 0 Å². The molecule has 13 N–H and O–H groups in total. The zero-order valence-corrected chi connectivity index (χ0v) is 42.0. The number of carbonyl (C=O) groups is 11. The third-order valence-electron chi connectivity index (χ3n) is 12.4. The molecule has 0 aromatic heterocycles. The molecule has 2 fully saturated rings. The van der Waals surface area contributed by atoms with Crippen LogP contribution >= 0.6 is 0 Å². The van der Waals surface area contributed by atoms with Gasteiger partial charge in [-0.25, -0.2) is 4.79 Å². The van der Waals surface area contributed by atoms with Crippen LogP contribution < -0.4 is 53.6 Å². The van der Waals surface area contributed by atoms with Gasteiger partial charge in [0.25, 0.3) is 0 Å². The maximum absolute atomic E-state index is 14.0. The second-order valence-corrected chi connectivity index (χ2v) is 19.0. The van der Waals surface area contributed by atoms with E-state index >= 15 is 0 Å². The molecule has 3 rings (SSSR count). The Labute approximate surface area is 419 Å². The lowest BCUT2D eigenvalue weighted by Gasteiger charge is -2.31. The Bertz CT molecular complexity index is 2070. The van der Waals surface area contributed by atoms with Crippen molar-refractivity contribution < 1.29 is 63.0 Å². The number of hydrogen-bond acceptors (Lipinski definition) is 13. The topological polar surface area (TPSA) is 366 Å². The molecule has 400 valence electrons. The molecule has 0 radical (unpaired) electrons. The Hall–Kier alpha value is -6.69. The lowest BCUT2D eigenvalue weighted by molar-refractivity contribution is -0.143. The van der Waals surface area contributed by atoms with Crippen LogP contribution in [0.4, 0.5) is 0 Å². The summed E-state index contributed by atoms with van der Waals surface area (Å²) in [7, 11) is 0. The molecule has 24 heteroatoms. The van der Waals surface area contributed by atoms with Gasteiger partial charge in [-0.15, -0.1) is 0 Å². The Morgan fingerprint density at radius 2 is 1.28 bits per heavy atom. The van der Waals surface area contributed by atoms with Gasteiger partial charge in [-0.2, -0.15) is 0 Å². The number of nitrogens with two attached hydrogens (primary N) is 1. The Morgan fingerprint density at radius 1 is 0.653 bits per heavy atom. The third kappa shape index (κ3) is 19.1. The number of nitrogens with zero attached hydrogens (tertiary/aromatic N) is 1. The molecule has 0 spiro atoms. The van der Waals surface area contributed by atoms with E-state index in [-0.39, 0.29) is 38.1 Å². The van der Waals surface area contributed by atoms with Crippen LogP contribution in [0.3, 0.4) is 0 Å². The van der Waals surface area contributed by atoms with E-state index in [0.717, 1.165) is 6.42 Å². The van der Waals surface area contributed by atoms with Crippen LogP contribution in [0.1, 0.15) is 105 Å². The molecule has 0 unspecified atom stereocenters. The maximum atomic E-state index is 14.0. The molecule has 0 saturated carbocycles. The van der Waals surface area contributed by atoms with Crippen molar-refractivity contribution in [1.82, 2.24) is 52.8 Å². The van der Waals surface area contributed by atoms with E-state index in [1.165, 1.54) is 18.7 Å². The molecule has 2 heterocycles. The molecule has 9 atom stereocenters. The summed E-state index contributed by atoms with van der Waals surface area (Å²) in [5, 5.41) is 42.7. The molecule has 72 heavy (non-hydrogen) atoms. The second-order valence-electron chi connectivity index (χ2n) is 19.0. The fourth-order valence-electron chi connectivity index (χ4n) is 8.18. The van der Waals surface area contributed by atoms with Crippen molar-refractivity contribution >= 4 is 65.1 Å². The molecular weight excluding hydrogens is 939 g/mol. The summed E-state index contributed by atoms with van der Waals surface area (Å²) in [6.07, 6.45) is 2.18. The van der Waals surface area contributed by atoms with Crippen molar-refractivity contribution in [3.63, 3.8) is 0 Å². The quantitative estimate of drug-likeness (QED) is 0.0383. The summed E-state index contributed by atoms with van der Waals surface area (Å²) in [6.45, 7) is 9.85. The highest BCUT2D eigenvalue weighted by molar-refractivity contribution is 5.98. The van der Waals surface area contributed by atoms with Crippen LogP contribution in [-0.2, 0) is 59.2 Å². The number of unbranched alkanes of at least 4 members (excludes halogenated alkanes) is 1. The van der Waals surface area contributed by atoms with Crippen LogP contribution in [0.5, 0.6) is 0 Å². The van der Waals surface area contributed by atoms with Gasteiger partial charge in [0.05, 0.1) is 12.6 Å². The molecule has 2 aliphatic rings. The first-order valence-electron chi connectivity index (χ1n) is 24.7. The lowest BCUT2D eigenvalue weighted by Crippen LogP contribution is -2.59. The van der Waals surface area contributed by atoms with Gasteiger partial charge < -0.3 is 68.7 Å². The highest BCUT2D eigenvalue weighted by Gasteiger charge is 2.40. The zero-order chi connectivity index (χ0) is 53.7. The first-order chi connectivity index (χ1) is 34.0. The van der Waals surface area contributed by atoms with Crippen LogP contribution in [0.2, 0.25) is 0 Å². The number of amides is 9. The van der Waals surface area contributed by atoms with E-state index in [9.17, 15) is 63.0 Å². The van der Waals surface area contributed by atoms with Crippen molar-refractivity contribution in [2.24, 2.45) is 17.6 Å². The molecule has 2 aliphatic heterocycles. The highest BCUT2D eigenvalue weighted by Crippen LogP contribution is 2.21. The largest absolute Gasteiger partial charge is 0.481 e. The number of aliphatic carboxylic acids is 2. The predicted octanol–water partition coefficient (Wildman–Crippen LogP) is -2.09. The third-order valence-corrected chi connectivity index (χ3v) is 12.4. The molecule has 0 aliphatic carbocycles. The number of carbonyl (C=O) groups excluding carboxylic acids is 9. The average molecular weight is 1010 g/mol. The van der Waals surface area contributed by atoms with Gasteiger partial charge in [-0.05, 0) is 95.7 Å². The van der Waals surface area contributed by atoms with Crippen molar-refractivity contribution in [3.8, 4) is 0 Å². The van der Waals surface area contributed by atoms with E-state index in [4.69, 9.17) is 5.73 Å². The average Bonchev–Trinajstić information content (AvgIpc) is 4.06. The van der Waals surface area contributed by atoms with Gasteiger partial charge in [0.1, 0.15) is 48.3 Å². The number of carboxylic acids is 2. The van der Waals surface area contributed by atoms with Crippen LogP contribution in [-0.4, -0.2) is 161 Å². The van der Waals surface area contributed by atoms with Crippen LogP contribution in [0, 0.1) is 11.8 Å². The van der Waals surface area contributed by atoms with Gasteiger partial charge >= 0.3 is 11.9 Å². The number of carboxylic acid groups (broad SMARTS) is 2. The minimum absolute atomic E-state index is 0.0217. The van der Waals surface area contributed by atoms with E-state index in [1.54, 1.807) is 58.0 Å². The number of hydrogen-bond donors (Lipinski definition) is 12. The minimum atomic E-state index is -1.42. The SMILES string of the molecule is CC(C)[C@H](NC(=O)[C@H](Cc1ccccc1)NC(=O)CNC(=O)[C@@H](NC(=O)[C@@H]1CCCN1C(=O)[C@H](CCC(=O)O)NC(=O)[C@H](C)NC(=O)[C@H](C)NC(=O)[C@@H]1CCCN1)C(C)C)C(=O)N[C@@H](CCCCN)C(=O)O. The Kier molecular flexibility index (Phi) is 24.5. The molecule has 1 aromatic rings. The number of benzene rings is 1. The second kappa shape index (κ2) is 29.6. The van der Waals surface area contributed by atoms with Gasteiger partial charge in [-0.3, -0.25) is 47.9 Å². The molecule has 0 bridgehead atoms. The number of nitrogens with one attached hydrogen (secondary N) is 9. The molecule has 24 nitrogen and oxygen atoms in total. The van der Waals surface area contributed by atoms with Crippen molar-refractivity contribution in [2.75, 3.05) is 26.2 Å². The predicted molar refractivity (Wildman–Crippen MR) is 261 cm³/mol. The fraction of sp³-hybridized carbons (Fsp3) is 0.646. The maximum Gasteiger partial charge on any atom is 0.326 e. The standard InChI is InChI=1S/C48H75N11O13/c1-26(2)38(45(68)51-25-36(60)54-34(24-30-14-8-7-9-15-30)43(66)57-39(27(3)4)46(69)56-33(48(71)72)16-10-11-21-49)58-44(67)35-18-13-23-59(35)47(70)32(19-20-37(61)62)55-41(64)29(6)52-40(63)28(5)53-42(65)31-17-12-22-50-31/h7-9,14-15,26-29,31-35,38-39,50H,10-13,16-25,49H2,1-6H3,(H,51,68)(H,52,63)(H,53,65)(H,54,60)(H,55,64)(H,56,69)(H,57,66)(H,58,67)(H,61,62)(H,71,72)/t28-,29-,31-,32-,33-,34-,35-,38-,39-/m0/s1. The van der Waals surface area contributed by atoms with E-state index in [1.807, 2.05) is 0 Å². The summed E-state index contributed by atoms with van der Waals surface area (Å²) in [5.74, 6) is -9.92. The van der Waals surface area contributed by atoms with E-state index in [0.29, 0.717) is 44.3 Å². The number of rotatable bonds is 29. The molecule has 1 aromatic carbocycles. The van der Waals surface area contributed by atoms with Crippen LogP contribution in [0.15, 0.2) is 30.3 Å². The Morgan fingerprint density at radius 3 is 1.88 bits per heavy atom. The summed E-state index contributed by atoms with van der Waals surface area (Å²) in [6, 6.07) is -1.41. The highest BCUT2D eigenvalue weighted by atomic mass is 16.4. The van der Waals surface area contributed by atoms with Crippen molar-refractivity contribution in [1.29, 1.82) is 0 Å². The van der Waals surface area contributed by atoms with Crippen molar-refractivity contribution in [2.45, 2.75) is 160 Å². The lowest BCUT2D eigenvalue weighted by atomic mass is 10.00. The number of likely N-dealkylation sites (tertiary alicyclic amines) is 1. The summed E-state index contributed by atoms with van der Waals surface area (Å²) in [5.41, 5.74) is 6.19. The fourth-order valence-corrected chi connectivity index (χ4v) is 8.18. The molecule has 2 saturated heterocycles. The van der Waals surface area contributed by atoms with Gasteiger partial charge in [0.15, 0.2) is 0 Å². The Balaban J connectivity index is 1.67. The first kappa shape index (κ1) is 59.6. The van der Waals surface area contributed by atoms with E-state index < -0.39 is 138 Å². The molecular formula is C48H75N11O13. The van der Waals surface area contributed by atoms with E-state index in [2.05, 4.69) is 47.9 Å². The van der Waals surface area contributed by atoms with Gasteiger partial charge in [0.2, 0.25) is 53.2 Å². The van der Waals surface area contributed by atoms with Gasteiger partial charge in [-0.1, -0.05) is 58.0 Å². The molecule has 9 amide bonds. The smallest absolute Gasteiger partial charge is 0.326 e. The monoisotopic (exact) mass is 1010 g/mol. The van der Waals surface area contributed by atoms with Gasteiger partial charge in [0, 0.05) is 19.4 Å². The summed E-state index contributed by atoms with van der Waals surface area (Å²) in [4.78, 5) is 146. The normalized spacial score (nSPS) is 18.3. The summed E-state index contributed by atoms with van der Waals surface area (Å²) < 4.78 is 0. The minimum Gasteiger partial charge on any atom is -0.481 e. The zero-order valence-electron chi connectivity index (χ0n) is 42.0.